The summed E-state index contributed by atoms with van der Waals surface area (Å²) >= 11 is 0. The van der Waals surface area contributed by atoms with Gasteiger partial charge in [-0.2, -0.15) is 13.2 Å². The summed E-state index contributed by atoms with van der Waals surface area (Å²) in [5.41, 5.74) is 4.21. The van der Waals surface area contributed by atoms with Crippen molar-refractivity contribution >= 4 is 11.0 Å². The van der Waals surface area contributed by atoms with E-state index in [1.54, 1.807) is 32.5 Å². The van der Waals surface area contributed by atoms with Gasteiger partial charge in [0.2, 0.25) is 5.88 Å². The van der Waals surface area contributed by atoms with Gasteiger partial charge in [0.1, 0.15) is 23.2 Å². The van der Waals surface area contributed by atoms with Crippen molar-refractivity contribution in [3.05, 3.63) is 77.8 Å². The summed E-state index contributed by atoms with van der Waals surface area (Å²) in [7, 11) is 3.11. The standard InChI is InChI=1S/C27H22F3N7O/c1-37-13-20(27(28,29)30)36-25(37)17-7-5-15(6-8-17)12-19-23-18(4-3-11-31-23)34-24(35-19)21-22(16-9-10-16)32-14-33-26(21)38-2/h3-8,11,13-14,16H,9-10,12H2,1-2H3. The van der Waals surface area contributed by atoms with Crippen LogP contribution in [0.15, 0.2) is 55.1 Å². The Morgan fingerprint density at radius 2 is 1.79 bits per heavy atom. The Bertz CT molecular complexity index is 1640. The van der Waals surface area contributed by atoms with Gasteiger partial charge in [-0.15, -0.1) is 0 Å². The fourth-order valence-corrected chi connectivity index (χ4v) is 4.51. The van der Waals surface area contributed by atoms with Crippen LogP contribution < -0.4 is 4.74 Å². The van der Waals surface area contributed by atoms with Gasteiger partial charge in [0.05, 0.1) is 24.0 Å². The lowest BCUT2D eigenvalue weighted by molar-refractivity contribution is -0.140. The molecule has 1 aromatic carbocycles. The van der Waals surface area contributed by atoms with Crippen molar-refractivity contribution in [3.8, 4) is 28.7 Å². The van der Waals surface area contributed by atoms with Crippen LogP contribution in [0.3, 0.4) is 0 Å². The van der Waals surface area contributed by atoms with Gasteiger partial charge in [0, 0.05) is 37.3 Å². The van der Waals surface area contributed by atoms with Gasteiger partial charge in [-0.25, -0.2) is 24.9 Å². The predicted octanol–water partition coefficient (Wildman–Crippen LogP) is 5.38. The SMILES string of the molecule is COc1ncnc(C2CC2)c1-c1nc(Cc2ccc(-c3nc(C(F)(F)F)cn3C)cc2)c2ncccc2n1. The van der Waals surface area contributed by atoms with Crippen LogP contribution in [0.25, 0.3) is 33.8 Å². The molecule has 192 valence electrons. The van der Waals surface area contributed by atoms with E-state index >= 15 is 0 Å². The number of aryl methyl sites for hydroxylation is 1. The van der Waals surface area contributed by atoms with E-state index in [1.165, 1.54) is 10.9 Å². The van der Waals surface area contributed by atoms with Gasteiger partial charge in [-0.1, -0.05) is 24.3 Å². The maximum absolute atomic E-state index is 13.1. The molecule has 0 saturated heterocycles. The Morgan fingerprint density at radius 1 is 1.00 bits per heavy atom. The van der Waals surface area contributed by atoms with E-state index in [0.29, 0.717) is 51.9 Å². The number of nitrogens with zero attached hydrogens (tertiary/aromatic N) is 7. The maximum Gasteiger partial charge on any atom is 0.434 e. The smallest absolute Gasteiger partial charge is 0.434 e. The number of aromatic nitrogens is 7. The molecular formula is C27H22F3N7O. The molecule has 0 spiro atoms. The van der Waals surface area contributed by atoms with Crippen LogP contribution in [0.2, 0.25) is 0 Å². The quantitative estimate of drug-likeness (QED) is 0.299. The second kappa shape index (κ2) is 9.16. The van der Waals surface area contributed by atoms with Crippen molar-refractivity contribution < 1.29 is 17.9 Å². The highest BCUT2D eigenvalue weighted by molar-refractivity contribution is 5.80. The molecule has 1 fully saturated rings. The second-order valence-electron chi connectivity index (χ2n) is 9.21. The van der Waals surface area contributed by atoms with Crippen LogP contribution >= 0.6 is 0 Å². The normalized spacial score (nSPS) is 13.7. The minimum absolute atomic E-state index is 0.240. The fraction of sp³-hybridized carbons (Fsp3) is 0.259. The minimum atomic E-state index is -4.50. The molecule has 0 aliphatic heterocycles. The number of rotatable bonds is 6. The summed E-state index contributed by atoms with van der Waals surface area (Å²) in [6.07, 6.45) is 2.21. The van der Waals surface area contributed by atoms with Crippen molar-refractivity contribution in [1.82, 2.24) is 34.5 Å². The topological polar surface area (TPSA) is 91.5 Å². The molecule has 0 radical (unpaired) electrons. The summed E-state index contributed by atoms with van der Waals surface area (Å²) < 4.78 is 46.2. The second-order valence-corrected chi connectivity index (χ2v) is 9.21. The summed E-state index contributed by atoms with van der Waals surface area (Å²) in [6, 6.07) is 10.9. The van der Waals surface area contributed by atoms with Crippen LogP contribution in [-0.2, 0) is 19.6 Å². The largest absolute Gasteiger partial charge is 0.480 e. The number of fused-ring (bicyclic) bond motifs is 1. The number of pyridine rings is 1. The first-order valence-corrected chi connectivity index (χ1v) is 12.0. The van der Waals surface area contributed by atoms with Crippen molar-refractivity contribution in [2.24, 2.45) is 7.05 Å². The molecule has 0 amide bonds. The molecule has 1 aliphatic rings. The molecule has 8 nitrogen and oxygen atoms in total. The summed E-state index contributed by atoms with van der Waals surface area (Å²) in [6.45, 7) is 0. The van der Waals surface area contributed by atoms with Crippen molar-refractivity contribution in [3.63, 3.8) is 0 Å². The lowest BCUT2D eigenvalue weighted by atomic mass is 10.0. The third kappa shape index (κ3) is 4.44. The van der Waals surface area contributed by atoms with Gasteiger partial charge in [-0.3, -0.25) is 4.98 Å². The highest BCUT2D eigenvalue weighted by atomic mass is 19.4. The zero-order valence-corrected chi connectivity index (χ0v) is 20.6. The number of methoxy groups -OCH3 is 1. The number of imidazole rings is 1. The highest BCUT2D eigenvalue weighted by Gasteiger charge is 2.34. The first-order valence-electron chi connectivity index (χ1n) is 12.0. The number of hydrogen-bond donors (Lipinski definition) is 0. The van der Waals surface area contributed by atoms with Gasteiger partial charge >= 0.3 is 6.18 Å². The summed E-state index contributed by atoms with van der Waals surface area (Å²) in [4.78, 5) is 26.8. The molecular weight excluding hydrogens is 495 g/mol. The Hall–Kier alpha value is -4.41. The number of hydrogen-bond acceptors (Lipinski definition) is 7. The van der Waals surface area contributed by atoms with Gasteiger partial charge in [0.25, 0.3) is 0 Å². The molecule has 11 heteroatoms. The minimum Gasteiger partial charge on any atom is -0.480 e. The predicted molar refractivity (Wildman–Crippen MR) is 133 cm³/mol. The van der Waals surface area contributed by atoms with Crippen molar-refractivity contribution in [1.29, 1.82) is 0 Å². The van der Waals surface area contributed by atoms with E-state index in [4.69, 9.17) is 14.7 Å². The lowest BCUT2D eigenvalue weighted by Gasteiger charge is -2.13. The Kier molecular flexibility index (Phi) is 5.77. The first kappa shape index (κ1) is 24.0. The monoisotopic (exact) mass is 517 g/mol. The Morgan fingerprint density at radius 3 is 2.47 bits per heavy atom. The zero-order chi connectivity index (χ0) is 26.4. The molecule has 4 heterocycles. The van der Waals surface area contributed by atoms with E-state index in [1.807, 2.05) is 24.3 Å². The molecule has 1 saturated carbocycles. The lowest BCUT2D eigenvalue weighted by Crippen LogP contribution is -2.05. The molecule has 0 atom stereocenters. The molecule has 0 bridgehead atoms. The van der Waals surface area contributed by atoms with Crippen LogP contribution in [0, 0.1) is 0 Å². The average molecular weight is 518 g/mol. The molecule has 5 aromatic rings. The number of ether oxygens (including phenoxy) is 1. The maximum atomic E-state index is 13.1. The highest BCUT2D eigenvalue weighted by Crippen LogP contribution is 2.45. The van der Waals surface area contributed by atoms with E-state index in [9.17, 15) is 13.2 Å². The van der Waals surface area contributed by atoms with E-state index in [2.05, 4.69) is 19.9 Å². The average Bonchev–Trinajstić information content (AvgIpc) is 3.68. The summed E-state index contributed by atoms with van der Waals surface area (Å²) in [5.74, 6) is 1.47. The van der Waals surface area contributed by atoms with Crippen LogP contribution in [0.4, 0.5) is 13.2 Å². The van der Waals surface area contributed by atoms with Gasteiger partial charge in [-0.05, 0) is 30.5 Å². The van der Waals surface area contributed by atoms with E-state index in [-0.39, 0.29) is 5.82 Å². The molecule has 38 heavy (non-hydrogen) atoms. The number of halogens is 3. The van der Waals surface area contributed by atoms with E-state index < -0.39 is 11.9 Å². The number of benzene rings is 1. The summed E-state index contributed by atoms with van der Waals surface area (Å²) in [5, 5.41) is 0. The molecule has 1 aliphatic carbocycles. The van der Waals surface area contributed by atoms with Crippen molar-refractivity contribution in [2.45, 2.75) is 31.4 Å². The fourth-order valence-electron chi connectivity index (χ4n) is 4.51. The molecule has 0 N–H and O–H groups in total. The zero-order valence-electron chi connectivity index (χ0n) is 20.6. The number of alkyl halides is 3. The van der Waals surface area contributed by atoms with Crippen molar-refractivity contribution in [2.75, 3.05) is 7.11 Å². The molecule has 4 aromatic heterocycles. The van der Waals surface area contributed by atoms with E-state index in [0.717, 1.165) is 30.3 Å². The molecule has 0 unspecified atom stereocenters. The first-order chi connectivity index (χ1) is 18.3. The third-order valence-electron chi connectivity index (χ3n) is 6.50. The van der Waals surface area contributed by atoms with Crippen LogP contribution in [0.5, 0.6) is 5.88 Å². The molecule has 6 rings (SSSR count). The van der Waals surface area contributed by atoms with Crippen LogP contribution in [-0.4, -0.2) is 41.6 Å². The van der Waals surface area contributed by atoms with Gasteiger partial charge < -0.3 is 9.30 Å². The Labute approximate surface area is 215 Å². The third-order valence-corrected chi connectivity index (χ3v) is 6.50. The van der Waals surface area contributed by atoms with Gasteiger partial charge in [0.15, 0.2) is 11.5 Å². The Balaban J connectivity index is 1.38. The van der Waals surface area contributed by atoms with Crippen LogP contribution in [0.1, 0.15) is 41.4 Å².